The van der Waals surface area contributed by atoms with Crippen LogP contribution in [0.1, 0.15) is 188 Å². The van der Waals surface area contributed by atoms with E-state index >= 15 is 24.0 Å². The number of likely N-dealkylation sites (N-methyl/N-ethyl adjacent to an activating group) is 1. The molecule has 1 saturated carbocycles. The lowest BCUT2D eigenvalue weighted by Gasteiger charge is -2.48. The summed E-state index contributed by atoms with van der Waals surface area (Å²) >= 11 is 14.4. The van der Waals surface area contributed by atoms with Crippen LogP contribution < -0.4 is 73.1 Å². The van der Waals surface area contributed by atoms with Gasteiger partial charge < -0.3 is 159 Å². The summed E-state index contributed by atoms with van der Waals surface area (Å²) in [6.45, 7) is 6.14. The van der Waals surface area contributed by atoms with Gasteiger partial charge in [0.2, 0.25) is 59.3 Å². The van der Waals surface area contributed by atoms with Gasteiger partial charge in [-0.1, -0.05) is 114 Å². The van der Waals surface area contributed by atoms with E-state index in [1.165, 1.54) is 19.2 Å². The van der Waals surface area contributed by atoms with Gasteiger partial charge in [-0.25, -0.2) is 4.79 Å². The molecular formula is C88H117Cl2N11O30. The number of amides is 9. The molecule has 4 unspecified atom stereocenters. The number of nitrogens with two attached hydrogens (primary N) is 1. The Kier molecular flexibility index (Phi) is 35.9. The van der Waals surface area contributed by atoms with Gasteiger partial charge in [0.1, 0.15) is 114 Å². The SMILES string of the molecule is CCCCCCCCCCC(=O)NC1(C)C[C@H](O[C@@H]2C(O)C(O)[C@@H](CO)O[C@H]2Oc2c3cc4cc2Oc2ccc(cc2Cl)[C@@H](O)[C@@H](NC(=O)[C@@H](CC(C)C)NC)C(=O)NC(CC(N)=O)C(=O)N[C@H]4C(=O)N[C@@H]2C(=O)N[C@H](C(=O)N[C@H](C(=O)O)c4cc(O)c(CNCCCNC(=O)[C@H](O)[C@@H](O)[C@H](O)[C@H](O)CO)c(O)c4-c4cc2ccc4O)[C@H](O)c2ccc(c(Cl)c2)O3)C[C@@H](C)[C@H]1O. The van der Waals surface area contributed by atoms with Crippen LogP contribution in [0.5, 0.6) is 46.0 Å². The largest absolute Gasteiger partial charge is 0.507 e. The number of fused-ring (bicyclic) bond motifs is 15. The van der Waals surface area contributed by atoms with Crippen LogP contribution in [0.3, 0.4) is 0 Å². The Bertz CT molecular complexity index is 4940. The van der Waals surface area contributed by atoms with Gasteiger partial charge in [0.25, 0.3) is 5.91 Å². The average Bonchev–Trinajstić information content (AvgIpc) is 0.753. The van der Waals surface area contributed by atoms with E-state index in [9.17, 15) is 95.5 Å². The van der Waals surface area contributed by atoms with Crippen LogP contribution >= 0.6 is 23.2 Å². The highest BCUT2D eigenvalue weighted by Crippen LogP contribution is 2.51. The number of carboxylic acid groups (broad SMARTS) is 1. The Hall–Kier alpha value is -10.4. The zero-order chi connectivity index (χ0) is 95.9. The van der Waals surface area contributed by atoms with Gasteiger partial charge in [0.15, 0.2) is 23.6 Å². The first-order valence-electron chi connectivity index (χ1n) is 43.3. The molecule has 718 valence electrons. The maximum Gasteiger partial charge on any atom is 0.330 e. The topological polar surface area (TPSA) is 667 Å². The zero-order valence-electron chi connectivity index (χ0n) is 72.7. The minimum Gasteiger partial charge on any atom is -0.507 e. The van der Waals surface area contributed by atoms with Crippen molar-refractivity contribution < 1.29 is 148 Å². The number of carboxylic acids is 1. The number of phenolic OH excluding ortho intramolecular Hbond substituents is 3. The Labute approximate surface area is 762 Å². The molecule has 6 heterocycles. The lowest BCUT2D eigenvalue weighted by Crippen LogP contribution is -2.64. The summed E-state index contributed by atoms with van der Waals surface area (Å²) in [5.41, 5.74) is 0.543. The number of hydrogen-bond acceptors (Lipinski definition) is 31. The number of aliphatic hydroxyl groups excluding tert-OH is 11. The molecule has 1 saturated heterocycles. The van der Waals surface area contributed by atoms with Crippen LogP contribution in [0.4, 0.5) is 0 Å². The Morgan fingerprint density at radius 2 is 1.28 bits per heavy atom. The highest BCUT2D eigenvalue weighted by atomic mass is 35.5. The number of aliphatic hydroxyl groups is 11. The smallest absolute Gasteiger partial charge is 0.330 e. The Balaban J connectivity index is 1.15. The normalized spacial score (nSPS) is 26.3. The number of halogens is 2. The molecule has 43 heteroatoms. The number of carbonyl (C=O) groups excluding carboxylic acids is 9. The molecule has 0 aromatic heterocycles. The number of hydrogen-bond donors (Lipinski definition) is 26. The first-order chi connectivity index (χ1) is 62.1. The van der Waals surface area contributed by atoms with E-state index < -0.39 is 296 Å². The van der Waals surface area contributed by atoms with E-state index in [2.05, 4.69) is 60.1 Å². The van der Waals surface area contributed by atoms with Crippen LogP contribution in [0.25, 0.3) is 11.1 Å². The fourth-order valence-electron chi connectivity index (χ4n) is 16.6. The molecule has 0 radical (unpaired) electrons. The summed E-state index contributed by atoms with van der Waals surface area (Å²) in [7, 11) is 1.46. The second kappa shape index (κ2) is 45.8. The second-order valence-electron chi connectivity index (χ2n) is 34.2. The summed E-state index contributed by atoms with van der Waals surface area (Å²) in [6.07, 6.45) is -18.1. The molecule has 5 aromatic rings. The summed E-state index contributed by atoms with van der Waals surface area (Å²) in [5, 5.41) is 194. The predicted molar refractivity (Wildman–Crippen MR) is 464 cm³/mol. The van der Waals surface area contributed by atoms with E-state index in [0.29, 0.717) is 6.42 Å². The molecule has 1 aliphatic carbocycles. The molecule has 0 spiro atoms. The van der Waals surface area contributed by atoms with Crippen molar-refractivity contribution in [1.82, 2.24) is 53.2 Å². The van der Waals surface area contributed by atoms with Crippen LogP contribution in [-0.4, -0.2) is 266 Å². The number of ether oxygens (including phenoxy) is 5. The second-order valence-corrected chi connectivity index (χ2v) is 35.0. The highest BCUT2D eigenvalue weighted by molar-refractivity contribution is 6.32. The zero-order valence-corrected chi connectivity index (χ0v) is 74.2. The molecular weight excluding hydrogens is 1760 g/mol. The molecule has 22 atom stereocenters. The Morgan fingerprint density at radius 3 is 1.89 bits per heavy atom. The van der Waals surface area contributed by atoms with Gasteiger partial charge in [-0.3, -0.25) is 43.2 Å². The van der Waals surface area contributed by atoms with Gasteiger partial charge in [0.05, 0.1) is 59.0 Å². The molecule has 6 aliphatic heterocycles. The molecule has 2 fully saturated rings. The summed E-state index contributed by atoms with van der Waals surface area (Å²) < 4.78 is 33.5. The fourth-order valence-corrected chi connectivity index (χ4v) is 17.1. The number of phenols is 3. The molecule has 131 heavy (non-hydrogen) atoms. The van der Waals surface area contributed by atoms with Crippen LogP contribution in [0.15, 0.2) is 72.8 Å². The van der Waals surface area contributed by atoms with Gasteiger partial charge in [0, 0.05) is 36.2 Å². The molecule has 12 rings (SSSR count). The first-order valence-corrected chi connectivity index (χ1v) is 44.0. The van der Waals surface area contributed by atoms with Crippen molar-refractivity contribution in [2.24, 2.45) is 17.6 Å². The summed E-state index contributed by atoms with van der Waals surface area (Å²) in [4.78, 5) is 146. The quantitative estimate of drug-likeness (QED) is 0.0249. The maximum absolute atomic E-state index is 16.5. The number of primary amides is 1. The molecule has 5 aromatic carbocycles. The molecule has 9 amide bonds. The molecule has 7 aliphatic rings. The van der Waals surface area contributed by atoms with E-state index in [1.807, 2.05) is 0 Å². The Morgan fingerprint density at radius 1 is 0.672 bits per heavy atom. The van der Waals surface area contributed by atoms with E-state index in [4.69, 9.17) is 57.7 Å². The van der Waals surface area contributed by atoms with E-state index in [1.54, 1.807) is 27.7 Å². The minimum atomic E-state index is -2.44. The number of unbranched alkanes of at least 4 members (excludes halogenated alkanes) is 7. The van der Waals surface area contributed by atoms with Crippen molar-refractivity contribution in [2.45, 2.75) is 258 Å². The third kappa shape index (κ3) is 24.9. The lowest BCUT2D eigenvalue weighted by molar-refractivity contribution is -0.299. The minimum absolute atomic E-state index is 0.0166. The van der Waals surface area contributed by atoms with Crippen molar-refractivity contribution in [1.29, 1.82) is 0 Å². The molecule has 41 nitrogen and oxygen atoms in total. The molecule has 11 bridgehead atoms. The van der Waals surface area contributed by atoms with Crippen LogP contribution in [0, 0.1) is 11.8 Å². The van der Waals surface area contributed by atoms with Crippen molar-refractivity contribution >= 4 is 82.3 Å². The maximum atomic E-state index is 16.5. The fraction of sp³-hybridized carbons (Fsp3) is 0.545. The van der Waals surface area contributed by atoms with Crippen LogP contribution in [0.2, 0.25) is 10.0 Å². The molecule has 27 N–H and O–H groups in total. The van der Waals surface area contributed by atoms with Crippen molar-refractivity contribution in [2.75, 3.05) is 33.4 Å². The highest BCUT2D eigenvalue weighted by Gasteiger charge is 2.53. The standard InChI is InChI=1S/C88H117Cl2N11O30/c1-7-8-9-10-11-12-13-14-16-61(108)101-88(5)34-44(26-39(4)78(88)117)127-77-74(115)72(113)59(37-103)130-87(77)131-76-57-30-43-31-58(76)129-56-22-19-42(29-49(56)90)69(110)67-84(123)98-65(86(125)126)46-32-53(105)47(35-93-23-15-24-94-85(124)75(116)73(114)71(112)54(106)36-102)70(111)62(46)45-27-40(17-20-52(45)104)63(81(120)100-67)97-82(121)64(43)96-80(119)51(33-60(91)107)95-83(122)66(99-79(118)50(92-6)25-38(2)3)68(109)41-18-21-55(128-57)48(89)28-41/h17-22,27-32,38-39,44,50-51,54,59,63-69,71-75,77-78,87,92-93,102-106,109-117H,7-16,23-26,33-37H2,1-6H3,(H2,91,107)(H,94,124)(H,95,122)(H,96,119)(H,97,121)(H,98,123)(H,99,118)(H,100,120)(H,101,108)(H,125,126)/t39-,44-,50-,51?,54-,59-,63+,64-,65+,66-,67+,68-,69-,71-,72?,73+,74?,75-,77-,78-,87+,88?/m1/s1. The van der Waals surface area contributed by atoms with E-state index in [0.717, 1.165) is 106 Å². The van der Waals surface area contributed by atoms with Crippen molar-refractivity contribution in [3.05, 3.63) is 116 Å². The van der Waals surface area contributed by atoms with Crippen LogP contribution in [-0.2, 0) is 64.0 Å². The van der Waals surface area contributed by atoms with Gasteiger partial charge >= 0.3 is 5.97 Å². The number of aliphatic carboxylic acids is 1. The number of benzene rings is 5. The van der Waals surface area contributed by atoms with Gasteiger partial charge in [-0.05, 0) is 141 Å². The van der Waals surface area contributed by atoms with Gasteiger partial charge in [-0.15, -0.1) is 0 Å². The van der Waals surface area contributed by atoms with Gasteiger partial charge in [-0.2, -0.15) is 0 Å². The average molecular weight is 1880 g/mol. The summed E-state index contributed by atoms with van der Waals surface area (Å²) in [5.74, 6) is -19.2. The third-order valence-electron chi connectivity index (χ3n) is 23.8. The van der Waals surface area contributed by atoms with Crippen molar-refractivity contribution in [3.63, 3.8) is 0 Å². The number of rotatable bonds is 34. The third-order valence-corrected chi connectivity index (χ3v) is 24.4. The summed E-state index contributed by atoms with van der Waals surface area (Å²) in [6, 6.07) is -2.42. The van der Waals surface area contributed by atoms with E-state index in [-0.39, 0.29) is 73.9 Å². The van der Waals surface area contributed by atoms with Crippen molar-refractivity contribution in [3.8, 4) is 57.1 Å². The lowest BCUT2D eigenvalue weighted by atomic mass is 9.73. The predicted octanol–water partition coefficient (Wildman–Crippen LogP) is 0.490. The monoisotopic (exact) mass is 1880 g/mol. The first kappa shape index (κ1) is 103. The number of aromatic hydroxyl groups is 3. The number of nitrogens with one attached hydrogen (secondary N) is 10. The number of carbonyl (C=O) groups is 10.